The Morgan fingerprint density at radius 3 is 2.59 bits per heavy atom. The summed E-state index contributed by atoms with van der Waals surface area (Å²) in [4.78, 5) is 14.4. The summed E-state index contributed by atoms with van der Waals surface area (Å²) in [5, 5.41) is 4.90. The number of hydrogen-bond donors (Lipinski definition) is 2. The molecule has 1 heterocycles. The maximum atomic E-state index is 12.2. The van der Waals surface area contributed by atoms with Gasteiger partial charge in [-0.25, -0.2) is 9.78 Å². The van der Waals surface area contributed by atoms with E-state index in [2.05, 4.69) is 15.6 Å². The van der Waals surface area contributed by atoms with Crippen LogP contribution in [0.5, 0.6) is 0 Å². The summed E-state index contributed by atoms with van der Waals surface area (Å²) in [6, 6.07) is 1.50. The van der Waals surface area contributed by atoms with Crippen LogP contribution in [0.3, 0.4) is 0 Å². The zero-order chi connectivity index (χ0) is 12.9. The molecule has 1 aromatic heterocycles. The van der Waals surface area contributed by atoms with E-state index >= 15 is 0 Å². The van der Waals surface area contributed by atoms with Crippen molar-refractivity contribution in [3.63, 3.8) is 0 Å². The Labute approximate surface area is 96.2 Å². The van der Waals surface area contributed by atoms with Crippen LogP contribution in [-0.4, -0.2) is 17.6 Å². The van der Waals surface area contributed by atoms with E-state index in [9.17, 15) is 18.0 Å². The maximum absolute atomic E-state index is 12.2. The van der Waals surface area contributed by atoms with Crippen LogP contribution in [0.2, 0.25) is 0 Å². The molecule has 0 aliphatic heterocycles. The van der Waals surface area contributed by atoms with Crippen LogP contribution in [0.15, 0.2) is 18.3 Å². The van der Waals surface area contributed by atoms with Crippen LogP contribution in [0.4, 0.5) is 23.7 Å². The molecule has 17 heavy (non-hydrogen) atoms. The van der Waals surface area contributed by atoms with Crippen molar-refractivity contribution in [3.8, 4) is 0 Å². The number of urea groups is 1. The zero-order valence-corrected chi connectivity index (χ0v) is 9.14. The molecule has 4 nitrogen and oxygen atoms in total. The Kier molecular flexibility index (Phi) is 4.30. The van der Waals surface area contributed by atoms with Crippen LogP contribution >= 0.6 is 0 Å². The highest BCUT2D eigenvalue weighted by atomic mass is 19.4. The third-order valence-corrected chi connectivity index (χ3v) is 1.85. The van der Waals surface area contributed by atoms with Gasteiger partial charge in [-0.2, -0.15) is 13.2 Å². The highest BCUT2D eigenvalue weighted by Gasteiger charge is 2.32. The number of carbonyl (C=O) groups is 1. The van der Waals surface area contributed by atoms with Crippen LogP contribution in [0.25, 0.3) is 0 Å². The molecule has 0 aliphatic rings. The third-order valence-electron chi connectivity index (χ3n) is 1.85. The number of nitrogens with zero attached hydrogens (tertiary/aromatic N) is 1. The number of hydrogen-bond acceptors (Lipinski definition) is 2. The van der Waals surface area contributed by atoms with E-state index in [0.29, 0.717) is 6.54 Å². The van der Waals surface area contributed by atoms with Gasteiger partial charge >= 0.3 is 12.2 Å². The average molecular weight is 247 g/mol. The Morgan fingerprint density at radius 1 is 1.41 bits per heavy atom. The molecule has 2 amide bonds. The number of alkyl halides is 3. The summed E-state index contributed by atoms with van der Waals surface area (Å²) >= 11 is 0. The second kappa shape index (κ2) is 5.51. The zero-order valence-electron chi connectivity index (χ0n) is 9.14. The lowest BCUT2D eigenvalue weighted by atomic mass is 10.3. The predicted octanol–water partition coefficient (Wildman–Crippen LogP) is 2.63. The second-order valence-electron chi connectivity index (χ2n) is 3.31. The summed E-state index contributed by atoms with van der Waals surface area (Å²) in [5.41, 5.74) is -0.774. The Morgan fingerprint density at radius 2 is 2.12 bits per heavy atom. The third kappa shape index (κ3) is 4.29. The molecule has 94 valence electrons. The molecule has 0 fully saturated rings. The van der Waals surface area contributed by atoms with E-state index in [-0.39, 0.29) is 5.69 Å². The standard InChI is InChI=1S/C10H12F3N3O/c1-2-5-14-9(17)16-7-3-4-8(15-6-7)10(11,12)13/h3-4,6H,2,5H2,1H3,(H2,14,16,17). The monoisotopic (exact) mass is 247 g/mol. The lowest BCUT2D eigenvalue weighted by Gasteiger charge is -2.08. The minimum Gasteiger partial charge on any atom is -0.338 e. The van der Waals surface area contributed by atoms with Crippen molar-refractivity contribution < 1.29 is 18.0 Å². The SMILES string of the molecule is CCCNC(=O)Nc1ccc(C(F)(F)F)nc1. The molecule has 0 saturated heterocycles. The summed E-state index contributed by atoms with van der Waals surface area (Å²) in [6.45, 7) is 2.39. The van der Waals surface area contributed by atoms with E-state index in [1.807, 2.05) is 6.92 Å². The van der Waals surface area contributed by atoms with Crippen molar-refractivity contribution >= 4 is 11.7 Å². The van der Waals surface area contributed by atoms with Crippen LogP contribution < -0.4 is 10.6 Å². The number of pyridine rings is 1. The fraction of sp³-hybridized carbons (Fsp3) is 0.400. The van der Waals surface area contributed by atoms with Crippen molar-refractivity contribution in [1.29, 1.82) is 0 Å². The van der Waals surface area contributed by atoms with Gasteiger partial charge in [-0.15, -0.1) is 0 Å². The molecule has 0 atom stereocenters. The van der Waals surface area contributed by atoms with Gasteiger partial charge in [0, 0.05) is 6.54 Å². The van der Waals surface area contributed by atoms with Gasteiger partial charge in [0.1, 0.15) is 5.69 Å². The molecule has 1 aromatic rings. The van der Waals surface area contributed by atoms with Crippen LogP contribution in [-0.2, 0) is 6.18 Å². The van der Waals surface area contributed by atoms with Gasteiger partial charge in [0.15, 0.2) is 0 Å². The summed E-state index contributed by atoms with van der Waals surface area (Å²) in [7, 11) is 0. The largest absolute Gasteiger partial charge is 0.433 e. The van der Waals surface area contributed by atoms with Gasteiger partial charge < -0.3 is 10.6 Å². The highest BCUT2D eigenvalue weighted by molar-refractivity contribution is 5.88. The summed E-state index contributed by atoms with van der Waals surface area (Å²) in [6.07, 6.45) is -2.73. The lowest BCUT2D eigenvalue weighted by Crippen LogP contribution is -2.29. The molecule has 0 saturated carbocycles. The predicted molar refractivity (Wildman–Crippen MR) is 56.6 cm³/mol. The lowest BCUT2D eigenvalue weighted by molar-refractivity contribution is -0.141. The van der Waals surface area contributed by atoms with Crippen LogP contribution in [0.1, 0.15) is 19.0 Å². The Balaban J connectivity index is 2.60. The molecule has 1 rings (SSSR count). The van der Waals surface area contributed by atoms with E-state index in [0.717, 1.165) is 24.8 Å². The van der Waals surface area contributed by atoms with Crippen molar-refractivity contribution in [3.05, 3.63) is 24.0 Å². The second-order valence-corrected chi connectivity index (χ2v) is 3.31. The van der Waals surface area contributed by atoms with Gasteiger partial charge in [-0.1, -0.05) is 6.92 Å². The number of rotatable bonds is 3. The van der Waals surface area contributed by atoms with Gasteiger partial charge in [-0.3, -0.25) is 0 Å². The first-order valence-corrected chi connectivity index (χ1v) is 5.01. The molecular formula is C10H12F3N3O. The minimum atomic E-state index is -4.47. The molecule has 7 heteroatoms. The average Bonchev–Trinajstić information content (AvgIpc) is 2.26. The highest BCUT2D eigenvalue weighted by Crippen LogP contribution is 2.27. The van der Waals surface area contributed by atoms with E-state index in [1.54, 1.807) is 0 Å². The van der Waals surface area contributed by atoms with Gasteiger partial charge in [0.05, 0.1) is 11.9 Å². The minimum absolute atomic E-state index is 0.214. The molecule has 0 radical (unpaired) electrons. The summed E-state index contributed by atoms with van der Waals surface area (Å²) < 4.78 is 36.6. The number of nitrogens with one attached hydrogen (secondary N) is 2. The Bertz CT molecular complexity index is 375. The molecule has 0 aliphatic carbocycles. The molecule has 0 unspecified atom stereocenters. The fourth-order valence-electron chi connectivity index (χ4n) is 1.05. The molecule has 0 aromatic carbocycles. The van der Waals surface area contributed by atoms with Crippen LogP contribution in [0, 0.1) is 0 Å². The number of halogens is 3. The van der Waals surface area contributed by atoms with Crippen molar-refractivity contribution in [2.45, 2.75) is 19.5 Å². The summed E-state index contributed by atoms with van der Waals surface area (Å²) in [5.74, 6) is 0. The fourth-order valence-corrected chi connectivity index (χ4v) is 1.05. The maximum Gasteiger partial charge on any atom is 0.433 e. The first-order valence-electron chi connectivity index (χ1n) is 5.01. The van der Waals surface area contributed by atoms with Gasteiger partial charge in [0.25, 0.3) is 0 Å². The quantitative estimate of drug-likeness (QED) is 0.862. The molecule has 0 bridgehead atoms. The first kappa shape index (κ1) is 13.3. The normalized spacial score (nSPS) is 11.1. The van der Waals surface area contributed by atoms with E-state index < -0.39 is 17.9 Å². The molecule has 0 spiro atoms. The molecular weight excluding hydrogens is 235 g/mol. The van der Waals surface area contributed by atoms with Crippen molar-refractivity contribution in [1.82, 2.24) is 10.3 Å². The van der Waals surface area contributed by atoms with Gasteiger partial charge in [0.2, 0.25) is 0 Å². The Hall–Kier alpha value is -1.79. The molecule has 2 N–H and O–H groups in total. The smallest absolute Gasteiger partial charge is 0.338 e. The van der Waals surface area contributed by atoms with Crippen molar-refractivity contribution in [2.75, 3.05) is 11.9 Å². The van der Waals surface area contributed by atoms with E-state index in [4.69, 9.17) is 0 Å². The van der Waals surface area contributed by atoms with E-state index in [1.165, 1.54) is 0 Å². The van der Waals surface area contributed by atoms with Crippen molar-refractivity contribution in [2.24, 2.45) is 0 Å². The first-order chi connectivity index (χ1) is 7.93. The topological polar surface area (TPSA) is 54.0 Å². The number of anilines is 1. The number of carbonyl (C=O) groups excluding carboxylic acids is 1. The van der Waals surface area contributed by atoms with Gasteiger partial charge in [-0.05, 0) is 18.6 Å². The number of amides is 2. The number of aromatic nitrogens is 1.